The van der Waals surface area contributed by atoms with Gasteiger partial charge in [-0.15, -0.1) is 0 Å². The first kappa shape index (κ1) is 17.4. The molecule has 4 rings (SSSR count). The summed E-state index contributed by atoms with van der Waals surface area (Å²) in [5.41, 5.74) is 9.65. The average molecular weight is 423 g/mol. The van der Waals surface area contributed by atoms with E-state index in [1.54, 1.807) is 22.3 Å². The SMILES string of the molecule is CCC[SiH2][Zr]([CH]1C(C)=Cc2ccccc21)[CH]1C(C)=Cc2ccccc21. The Morgan fingerprint density at radius 2 is 1.28 bits per heavy atom. The zero-order valence-electron chi connectivity index (χ0n) is 15.5. The van der Waals surface area contributed by atoms with Crippen LogP contribution in [0.3, 0.4) is 0 Å². The minimum absolute atomic E-state index is 0.0388. The van der Waals surface area contributed by atoms with Gasteiger partial charge in [0.05, 0.1) is 0 Å². The maximum atomic E-state index is 2.49. The second kappa shape index (κ2) is 7.33. The molecule has 127 valence electrons. The Kier molecular flexibility index (Phi) is 5.11. The molecule has 2 atom stereocenters. The summed E-state index contributed by atoms with van der Waals surface area (Å²) in [4.78, 5) is 0. The summed E-state index contributed by atoms with van der Waals surface area (Å²) in [5, 5.41) is 0. The molecule has 0 fully saturated rings. The van der Waals surface area contributed by atoms with Gasteiger partial charge in [0.1, 0.15) is 0 Å². The first-order valence-electron chi connectivity index (χ1n) is 9.60. The first-order valence-corrected chi connectivity index (χ1v) is 19.4. The molecule has 0 heterocycles. The Hall–Kier alpha value is -0.980. The molecule has 2 unspecified atom stereocenters. The van der Waals surface area contributed by atoms with E-state index in [4.69, 9.17) is 0 Å². The van der Waals surface area contributed by atoms with Crippen LogP contribution in [0.5, 0.6) is 0 Å². The van der Waals surface area contributed by atoms with Crippen LogP contribution in [0.1, 0.15) is 56.7 Å². The van der Waals surface area contributed by atoms with Crippen molar-refractivity contribution in [3.8, 4) is 0 Å². The molecule has 2 aliphatic rings. The summed E-state index contributed by atoms with van der Waals surface area (Å²) >= 11 is -1.67. The van der Waals surface area contributed by atoms with Gasteiger partial charge in [-0.25, -0.2) is 0 Å². The van der Waals surface area contributed by atoms with Crippen molar-refractivity contribution in [2.45, 2.75) is 40.5 Å². The molecule has 2 aromatic carbocycles. The fourth-order valence-corrected chi connectivity index (χ4v) is 29.8. The van der Waals surface area contributed by atoms with E-state index in [0.29, 0.717) is 0 Å². The zero-order chi connectivity index (χ0) is 17.4. The maximum absolute atomic E-state index is 2.49. The fourth-order valence-electron chi connectivity index (χ4n) is 4.78. The number of hydrogen-bond donors (Lipinski definition) is 0. The van der Waals surface area contributed by atoms with Crippen molar-refractivity contribution >= 4 is 18.8 Å². The normalized spacial score (nSPS) is 21.2. The molecular weight excluding hydrogens is 396 g/mol. The number of rotatable bonds is 5. The second-order valence-electron chi connectivity index (χ2n) is 7.58. The summed E-state index contributed by atoms with van der Waals surface area (Å²) < 4.78 is 1.63. The van der Waals surface area contributed by atoms with Crippen molar-refractivity contribution in [3.05, 3.63) is 81.9 Å². The molecule has 0 radical (unpaired) electrons. The van der Waals surface area contributed by atoms with Gasteiger partial charge in [0.2, 0.25) is 0 Å². The molecule has 2 aliphatic carbocycles. The van der Waals surface area contributed by atoms with Crippen LogP contribution >= 0.6 is 0 Å². The molecule has 0 amide bonds. The van der Waals surface area contributed by atoms with Gasteiger partial charge in [-0.3, -0.25) is 0 Å². The van der Waals surface area contributed by atoms with E-state index < -0.39 is 20.9 Å². The monoisotopic (exact) mass is 421 g/mol. The minimum atomic E-state index is -1.67. The van der Waals surface area contributed by atoms with E-state index in [-0.39, 0.29) is 6.65 Å². The van der Waals surface area contributed by atoms with Crippen molar-refractivity contribution in [1.82, 2.24) is 0 Å². The van der Waals surface area contributed by atoms with Gasteiger partial charge in [0.25, 0.3) is 0 Å². The molecule has 0 saturated heterocycles. The summed E-state index contributed by atoms with van der Waals surface area (Å²) in [6.45, 7) is 7.23. The summed E-state index contributed by atoms with van der Waals surface area (Å²) in [6, 6.07) is 19.9. The van der Waals surface area contributed by atoms with Crippen LogP contribution in [0.4, 0.5) is 0 Å². The quantitative estimate of drug-likeness (QED) is 0.532. The summed E-state index contributed by atoms with van der Waals surface area (Å²) in [7, 11) is 0. The van der Waals surface area contributed by atoms with Crippen LogP contribution in [0.15, 0.2) is 59.7 Å². The van der Waals surface area contributed by atoms with E-state index >= 15 is 0 Å². The molecule has 0 N–H and O–H groups in total. The van der Waals surface area contributed by atoms with Gasteiger partial charge in [-0.2, -0.15) is 0 Å². The van der Waals surface area contributed by atoms with Crippen molar-refractivity contribution in [3.63, 3.8) is 0 Å². The van der Waals surface area contributed by atoms with Gasteiger partial charge in [-0.1, -0.05) is 0 Å². The molecule has 0 spiro atoms. The molecule has 0 aromatic heterocycles. The third-order valence-corrected chi connectivity index (χ3v) is 26.6. The van der Waals surface area contributed by atoms with E-state index in [0.717, 1.165) is 7.25 Å². The Morgan fingerprint density at radius 1 is 0.800 bits per heavy atom. The fraction of sp³-hybridized carbons (Fsp3) is 0.304. The van der Waals surface area contributed by atoms with E-state index in [1.807, 2.05) is 0 Å². The van der Waals surface area contributed by atoms with Crippen LogP contribution in [0.2, 0.25) is 6.04 Å². The average Bonchev–Trinajstić information content (AvgIpc) is 3.12. The third kappa shape index (κ3) is 3.13. The second-order valence-corrected chi connectivity index (χ2v) is 23.0. The molecular formula is C23H27SiZr. The van der Waals surface area contributed by atoms with Crippen molar-refractivity contribution in [2.75, 3.05) is 0 Å². The van der Waals surface area contributed by atoms with Crippen LogP contribution in [-0.2, 0) is 20.9 Å². The van der Waals surface area contributed by atoms with Crippen LogP contribution in [0.25, 0.3) is 12.2 Å². The van der Waals surface area contributed by atoms with E-state index in [1.165, 1.54) is 23.6 Å². The van der Waals surface area contributed by atoms with Gasteiger partial charge in [0.15, 0.2) is 0 Å². The number of fused-ring (bicyclic) bond motifs is 2. The molecule has 0 bridgehead atoms. The van der Waals surface area contributed by atoms with Crippen molar-refractivity contribution in [2.24, 2.45) is 0 Å². The number of benzene rings is 2. The number of hydrogen-bond acceptors (Lipinski definition) is 0. The molecule has 0 saturated carbocycles. The van der Waals surface area contributed by atoms with Gasteiger partial charge in [-0.05, 0) is 0 Å². The summed E-state index contributed by atoms with van der Waals surface area (Å²) in [6.07, 6.45) is 6.35. The van der Waals surface area contributed by atoms with E-state index in [2.05, 4.69) is 81.5 Å². The topological polar surface area (TPSA) is 0 Å². The molecule has 2 heteroatoms. The van der Waals surface area contributed by atoms with Crippen molar-refractivity contribution < 1.29 is 20.9 Å². The van der Waals surface area contributed by atoms with Gasteiger partial charge < -0.3 is 0 Å². The van der Waals surface area contributed by atoms with Crippen LogP contribution in [-0.4, -0.2) is 6.65 Å². The molecule has 0 aliphatic heterocycles. The molecule has 0 nitrogen and oxygen atoms in total. The molecule has 2 aromatic rings. The Morgan fingerprint density at radius 3 is 1.76 bits per heavy atom. The standard InChI is InChI=1S/2C10H9.C3H9Si.Zr/c2*1-8-6-9-4-2-3-5-10(9)7-8;1-2-3-4;/h2*2-7H,1H3;2-4H2,1H3;. The summed E-state index contributed by atoms with van der Waals surface area (Å²) in [5.74, 6) is 0. The first-order chi connectivity index (χ1) is 12.2. The predicted octanol–water partition coefficient (Wildman–Crippen LogP) is 5.83. The third-order valence-electron chi connectivity index (χ3n) is 5.85. The Bertz CT molecular complexity index is 781. The van der Waals surface area contributed by atoms with E-state index in [9.17, 15) is 0 Å². The van der Waals surface area contributed by atoms with Gasteiger partial charge in [0, 0.05) is 0 Å². The van der Waals surface area contributed by atoms with Crippen molar-refractivity contribution in [1.29, 1.82) is 0 Å². The van der Waals surface area contributed by atoms with Gasteiger partial charge >= 0.3 is 162 Å². The zero-order valence-corrected chi connectivity index (χ0v) is 19.4. The molecule has 25 heavy (non-hydrogen) atoms. The van der Waals surface area contributed by atoms with Crippen LogP contribution in [0, 0.1) is 0 Å². The predicted molar refractivity (Wildman–Crippen MR) is 109 cm³/mol. The Balaban J connectivity index is 1.78. The van der Waals surface area contributed by atoms with Crippen LogP contribution < -0.4 is 0 Å². The Labute approximate surface area is 161 Å². The number of allylic oxidation sites excluding steroid dienone is 2.